The average Bonchev–Trinajstić information content (AvgIpc) is 2.77. The molecule has 2 rings (SSSR count). The van der Waals surface area contributed by atoms with Gasteiger partial charge in [0.15, 0.2) is 0 Å². The number of hydrogen-bond acceptors (Lipinski definition) is 3. The fourth-order valence-electron chi connectivity index (χ4n) is 2.85. The molecule has 3 nitrogen and oxygen atoms in total. The zero-order valence-corrected chi connectivity index (χ0v) is 14.2. The Bertz CT molecular complexity index is 513. The number of nitrogens with zero attached hydrogens (tertiary/aromatic N) is 1. The zero-order chi connectivity index (χ0) is 15.6. The van der Waals surface area contributed by atoms with Gasteiger partial charge in [-0.15, -0.1) is 12.4 Å². The van der Waals surface area contributed by atoms with E-state index in [0.29, 0.717) is 13.1 Å². The van der Waals surface area contributed by atoms with Crippen molar-refractivity contribution in [2.24, 2.45) is 11.1 Å². The Kier molecular flexibility index (Phi) is 6.59. The molecule has 1 aliphatic heterocycles. The minimum atomic E-state index is -2.79. The summed E-state index contributed by atoms with van der Waals surface area (Å²) in [7, 11) is 0. The number of hydrogen-bond donors (Lipinski definition) is 1. The van der Waals surface area contributed by atoms with Crippen LogP contribution in [0.5, 0.6) is 5.75 Å². The maximum absolute atomic E-state index is 12.6. The molecule has 1 aromatic rings. The lowest BCUT2D eigenvalue weighted by Gasteiger charge is -2.23. The predicted molar refractivity (Wildman–Crippen MR) is 86.9 cm³/mol. The van der Waals surface area contributed by atoms with Crippen LogP contribution in [0.1, 0.15) is 30.0 Å². The van der Waals surface area contributed by atoms with Gasteiger partial charge in [0, 0.05) is 18.7 Å². The average molecular weight is 335 g/mol. The number of aryl methyl sites for hydroxylation is 2. The number of halogens is 3. The molecular formula is C16H25ClF2N2O. The highest BCUT2D eigenvalue weighted by molar-refractivity contribution is 5.85. The molecule has 0 saturated carbocycles. The van der Waals surface area contributed by atoms with E-state index >= 15 is 0 Å². The number of rotatable bonds is 5. The van der Waals surface area contributed by atoms with Gasteiger partial charge in [-0.3, -0.25) is 4.90 Å². The third kappa shape index (κ3) is 4.54. The van der Waals surface area contributed by atoms with Gasteiger partial charge in [0.05, 0.1) is 0 Å². The number of nitrogens with two attached hydrogens (primary N) is 1. The van der Waals surface area contributed by atoms with Gasteiger partial charge >= 0.3 is 6.61 Å². The summed E-state index contributed by atoms with van der Waals surface area (Å²) in [5, 5.41) is 0. The van der Waals surface area contributed by atoms with Crippen LogP contribution in [0.15, 0.2) is 12.1 Å². The Hall–Kier alpha value is -0.910. The summed E-state index contributed by atoms with van der Waals surface area (Å²) in [6.45, 7) is 6.37. The van der Waals surface area contributed by atoms with Gasteiger partial charge in [-0.05, 0) is 56.0 Å². The van der Waals surface area contributed by atoms with Crippen molar-refractivity contribution in [1.82, 2.24) is 4.90 Å². The van der Waals surface area contributed by atoms with Crippen LogP contribution in [0, 0.1) is 19.3 Å². The first-order valence-electron chi connectivity index (χ1n) is 7.30. The minimum absolute atomic E-state index is 0. The van der Waals surface area contributed by atoms with Crippen molar-refractivity contribution in [3.8, 4) is 5.75 Å². The summed E-state index contributed by atoms with van der Waals surface area (Å²) in [6.07, 6.45) is 1.04. The van der Waals surface area contributed by atoms with E-state index in [9.17, 15) is 8.78 Å². The first kappa shape index (κ1) is 19.1. The first-order valence-corrected chi connectivity index (χ1v) is 7.30. The quantitative estimate of drug-likeness (QED) is 0.895. The summed E-state index contributed by atoms with van der Waals surface area (Å²) in [4.78, 5) is 2.26. The normalized spacial score (nSPS) is 22.0. The monoisotopic (exact) mass is 334 g/mol. The molecule has 1 heterocycles. The molecule has 1 fully saturated rings. The molecule has 1 aliphatic rings. The molecule has 0 aliphatic carbocycles. The second kappa shape index (κ2) is 7.57. The maximum atomic E-state index is 12.6. The number of benzene rings is 1. The third-order valence-electron chi connectivity index (χ3n) is 4.42. The van der Waals surface area contributed by atoms with E-state index in [-0.39, 0.29) is 23.6 Å². The summed E-state index contributed by atoms with van der Waals surface area (Å²) in [5.41, 5.74) is 8.81. The molecule has 0 amide bonds. The molecule has 2 N–H and O–H groups in total. The highest BCUT2D eigenvalue weighted by Crippen LogP contribution is 2.32. The Balaban J connectivity index is 0.00000242. The Morgan fingerprint density at radius 2 is 1.95 bits per heavy atom. The third-order valence-corrected chi connectivity index (χ3v) is 4.42. The molecule has 6 heteroatoms. The van der Waals surface area contributed by atoms with Gasteiger partial charge in [-0.1, -0.05) is 13.0 Å². The van der Waals surface area contributed by atoms with Crippen molar-refractivity contribution < 1.29 is 13.5 Å². The van der Waals surface area contributed by atoms with Crippen LogP contribution in [0.3, 0.4) is 0 Å². The predicted octanol–water partition coefficient (Wildman–Crippen LogP) is 3.50. The number of alkyl halides is 2. The van der Waals surface area contributed by atoms with Crippen LogP contribution in [0.4, 0.5) is 8.78 Å². The standard InChI is InChI=1S/C16H24F2N2O.ClH/c1-11-6-13(14(7-12(11)2)21-15(17)18)8-20-5-4-16(3,9-19)10-20;/h6-7,15H,4-5,8-10,19H2,1-3H3;1H. The Morgan fingerprint density at radius 1 is 1.32 bits per heavy atom. The number of likely N-dealkylation sites (tertiary alicyclic amines) is 1. The van der Waals surface area contributed by atoms with Crippen LogP contribution in [-0.4, -0.2) is 31.1 Å². The molecule has 126 valence electrons. The summed E-state index contributed by atoms with van der Waals surface area (Å²) in [6, 6.07) is 3.65. The fourth-order valence-corrected chi connectivity index (χ4v) is 2.85. The van der Waals surface area contributed by atoms with E-state index in [1.165, 1.54) is 0 Å². The molecular weight excluding hydrogens is 310 g/mol. The lowest BCUT2D eigenvalue weighted by molar-refractivity contribution is -0.0507. The smallest absolute Gasteiger partial charge is 0.387 e. The van der Waals surface area contributed by atoms with E-state index in [1.807, 2.05) is 19.9 Å². The second-order valence-electron chi connectivity index (χ2n) is 6.40. The van der Waals surface area contributed by atoms with E-state index in [1.54, 1.807) is 6.07 Å². The van der Waals surface area contributed by atoms with Gasteiger partial charge in [-0.2, -0.15) is 8.78 Å². The lowest BCUT2D eigenvalue weighted by Crippen LogP contribution is -2.31. The van der Waals surface area contributed by atoms with Crippen molar-refractivity contribution in [3.63, 3.8) is 0 Å². The summed E-state index contributed by atoms with van der Waals surface area (Å²) < 4.78 is 29.8. The topological polar surface area (TPSA) is 38.5 Å². The fraction of sp³-hybridized carbons (Fsp3) is 0.625. The van der Waals surface area contributed by atoms with Crippen LogP contribution < -0.4 is 10.5 Å². The van der Waals surface area contributed by atoms with Crippen LogP contribution in [-0.2, 0) is 6.54 Å². The zero-order valence-electron chi connectivity index (χ0n) is 13.4. The van der Waals surface area contributed by atoms with Gasteiger partial charge < -0.3 is 10.5 Å². The van der Waals surface area contributed by atoms with Crippen molar-refractivity contribution >= 4 is 12.4 Å². The van der Waals surface area contributed by atoms with Gasteiger partial charge in [0.25, 0.3) is 0 Å². The van der Waals surface area contributed by atoms with Gasteiger partial charge in [0.1, 0.15) is 5.75 Å². The molecule has 1 saturated heterocycles. The van der Waals surface area contributed by atoms with Crippen molar-refractivity contribution in [1.29, 1.82) is 0 Å². The maximum Gasteiger partial charge on any atom is 0.387 e. The van der Waals surface area contributed by atoms with E-state index in [0.717, 1.165) is 36.2 Å². The van der Waals surface area contributed by atoms with Crippen molar-refractivity contribution in [2.45, 2.75) is 40.3 Å². The molecule has 1 aromatic carbocycles. The Morgan fingerprint density at radius 3 is 2.50 bits per heavy atom. The van der Waals surface area contributed by atoms with Crippen molar-refractivity contribution in [2.75, 3.05) is 19.6 Å². The highest BCUT2D eigenvalue weighted by Gasteiger charge is 2.32. The van der Waals surface area contributed by atoms with E-state index in [2.05, 4.69) is 16.6 Å². The Labute approximate surface area is 137 Å². The SMILES string of the molecule is Cc1cc(CN2CCC(C)(CN)C2)c(OC(F)F)cc1C.Cl. The minimum Gasteiger partial charge on any atom is -0.434 e. The molecule has 0 aromatic heterocycles. The van der Waals surface area contributed by atoms with Crippen LogP contribution >= 0.6 is 12.4 Å². The van der Waals surface area contributed by atoms with Crippen LogP contribution in [0.2, 0.25) is 0 Å². The molecule has 0 bridgehead atoms. The second-order valence-corrected chi connectivity index (χ2v) is 6.40. The molecule has 1 atom stereocenters. The lowest BCUT2D eigenvalue weighted by atomic mass is 9.90. The highest BCUT2D eigenvalue weighted by atomic mass is 35.5. The molecule has 0 radical (unpaired) electrons. The molecule has 0 spiro atoms. The van der Waals surface area contributed by atoms with Crippen LogP contribution in [0.25, 0.3) is 0 Å². The van der Waals surface area contributed by atoms with Gasteiger partial charge in [0.2, 0.25) is 0 Å². The largest absolute Gasteiger partial charge is 0.434 e. The van der Waals surface area contributed by atoms with E-state index < -0.39 is 6.61 Å². The number of ether oxygens (including phenoxy) is 1. The van der Waals surface area contributed by atoms with E-state index in [4.69, 9.17) is 5.73 Å². The molecule has 22 heavy (non-hydrogen) atoms. The van der Waals surface area contributed by atoms with Crippen molar-refractivity contribution in [3.05, 3.63) is 28.8 Å². The first-order chi connectivity index (χ1) is 9.83. The summed E-state index contributed by atoms with van der Waals surface area (Å²) in [5.74, 6) is 0.287. The molecule has 1 unspecified atom stereocenters. The summed E-state index contributed by atoms with van der Waals surface area (Å²) >= 11 is 0. The van der Waals surface area contributed by atoms with Gasteiger partial charge in [-0.25, -0.2) is 0 Å².